The van der Waals surface area contributed by atoms with Crippen molar-refractivity contribution in [3.63, 3.8) is 0 Å². The van der Waals surface area contributed by atoms with Crippen molar-refractivity contribution in [2.75, 3.05) is 30.1 Å². The zero-order valence-electron chi connectivity index (χ0n) is 10.8. The Balaban J connectivity index is 2.30. The van der Waals surface area contributed by atoms with Gasteiger partial charge in [0.1, 0.15) is 14.9 Å². The first-order chi connectivity index (χ1) is 8.99. The van der Waals surface area contributed by atoms with Crippen LogP contribution in [0.2, 0.25) is 0 Å². The van der Waals surface area contributed by atoms with Gasteiger partial charge in [-0.1, -0.05) is 18.2 Å². The summed E-state index contributed by atoms with van der Waals surface area (Å²) < 4.78 is 22.3. The Morgan fingerprint density at radius 1 is 1.26 bits per heavy atom. The molecule has 0 bridgehead atoms. The minimum absolute atomic E-state index is 0.144. The van der Waals surface area contributed by atoms with Gasteiger partial charge in [-0.3, -0.25) is 0 Å². The summed E-state index contributed by atoms with van der Waals surface area (Å²) in [6.45, 7) is 0. The van der Waals surface area contributed by atoms with Gasteiger partial charge in [0.05, 0.1) is 11.3 Å². The Bertz CT molecular complexity index is 686. The van der Waals surface area contributed by atoms with Crippen molar-refractivity contribution in [3.8, 4) is 0 Å². The quantitative estimate of drug-likeness (QED) is 0.670. The average molecular weight is 297 g/mol. The van der Waals surface area contributed by atoms with Crippen LogP contribution in [0.15, 0.2) is 29.3 Å². The number of thioether (sulfide) groups is 1. The summed E-state index contributed by atoms with van der Waals surface area (Å²) in [5, 5.41) is 4.66. The minimum Gasteiger partial charge on any atom is -0.357 e. The molecule has 1 aromatic heterocycles. The number of nitrogens with one attached hydrogen (secondary N) is 1. The Morgan fingerprint density at radius 3 is 2.68 bits per heavy atom. The van der Waals surface area contributed by atoms with Crippen LogP contribution in [0.25, 0.3) is 10.9 Å². The highest BCUT2D eigenvalue weighted by Gasteiger charge is 2.09. The molecule has 2 aromatic rings. The summed E-state index contributed by atoms with van der Waals surface area (Å²) in [6, 6.07) is 7.70. The van der Waals surface area contributed by atoms with E-state index >= 15 is 0 Å². The maximum Gasteiger partial charge on any atom is 0.224 e. The lowest BCUT2D eigenvalue weighted by molar-refractivity contribution is 0.603. The Labute approximate surface area is 116 Å². The van der Waals surface area contributed by atoms with Crippen LogP contribution in [0.5, 0.6) is 0 Å². The highest BCUT2D eigenvalue weighted by molar-refractivity contribution is 8.00. The number of sulfone groups is 1. The molecule has 1 aromatic carbocycles. The van der Waals surface area contributed by atoms with Crippen molar-refractivity contribution in [3.05, 3.63) is 24.3 Å². The molecule has 0 radical (unpaired) electrons. The van der Waals surface area contributed by atoms with Crippen LogP contribution in [0, 0.1) is 0 Å². The molecular formula is C12H15N3O2S2. The topological polar surface area (TPSA) is 72.0 Å². The molecule has 2 rings (SSSR count). The number of benzene rings is 1. The molecule has 0 saturated carbocycles. The summed E-state index contributed by atoms with van der Waals surface area (Å²) >= 11 is 1.44. The highest BCUT2D eigenvalue weighted by Crippen LogP contribution is 2.26. The van der Waals surface area contributed by atoms with E-state index in [-0.39, 0.29) is 5.75 Å². The molecule has 0 aliphatic rings. The van der Waals surface area contributed by atoms with Gasteiger partial charge in [-0.15, -0.1) is 11.8 Å². The molecule has 0 saturated heterocycles. The van der Waals surface area contributed by atoms with E-state index < -0.39 is 9.84 Å². The number of nitrogens with zero attached hydrogens (tertiary/aromatic N) is 2. The largest absolute Gasteiger partial charge is 0.357 e. The zero-order valence-corrected chi connectivity index (χ0v) is 12.4. The first-order valence-corrected chi connectivity index (χ1v) is 8.79. The van der Waals surface area contributed by atoms with Crippen LogP contribution < -0.4 is 5.32 Å². The fourth-order valence-electron chi connectivity index (χ4n) is 1.56. The summed E-state index contributed by atoms with van der Waals surface area (Å²) in [4.78, 5) is 8.74. The molecule has 102 valence electrons. The zero-order chi connectivity index (χ0) is 13.9. The number of anilines is 1. The summed E-state index contributed by atoms with van der Waals surface area (Å²) in [5.41, 5.74) is 0.851. The third-order valence-corrected chi connectivity index (χ3v) is 4.68. The van der Waals surface area contributed by atoms with E-state index in [4.69, 9.17) is 0 Å². The van der Waals surface area contributed by atoms with E-state index in [1.165, 1.54) is 18.0 Å². The van der Waals surface area contributed by atoms with Gasteiger partial charge in [-0.2, -0.15) is 0 Å². The summed E-state index contributed by atoms with van der Waals surface area (Å²) in [5.74, 6) is 1.17. The molecule has 0 aliphatic carbocycles. The lowest BCUT2D eigenvalue weighted by Gasteiger charge is -2.07. The van der Waals surface area contributed by atoms with E-state index in [0.29, 0.717) is 11.7 Å². The smallest absolute Gasteiger partial charge is 0.224 e. The van der Waals surface area contributed by atoms with E-state index in [1.807, 2.05) is 24.3 Å². The van der Waals surface area contributed by atoms with Crippen molar-refractivity contribution in [1.29, 1.82) is 0 Å². The molecule has 1 heterocycles. The van der Waals surface area contributed by atoms with E-state index in [2.05, 4.69) is 15.3 Å². The molecule has 0 aliphatic heterocycles. The van der Waals surface area contributed by atoms with Crippen LogP contribution in [-0.2, 0) is 9.84 Å². The second-order valence-electron chi connectivity index (χ2n) is 4.10. The monoisotopic (exact) mass is 297 g/mol. The van der Waals surface area contributed by atoms with Crippen LogP contribution >= 0.6 is 11.8 Å². The number of hydrogen-bond acceptors (Lipinski definition) is 6. The molecule has 0 unspecified atom stereocenters. The fourth-order valence-corrected chi connectivity index (χ4v) is 3.78. The highest BCUT2D eigenvalue weighted by atomic mass is 32.2. The summed E-state index contributed by atoms with van der Waals surface area (Å²) in [7, 11) is -1.18. The van der Waals surface area contributed by atoms with Crippen molar-refractivity contribution in [2.45, 2.75) is 5.03 Å². The Hall–Kier alpha value is -1.34. The lowest BCUT2D eigenvalue weighted by Crippen LogP contribution is -2.05. The molecule has 0 fully saturated rings. The third kappa shape index (κ3) is 3.81. The molecular weight excluding hydrogens is 282 g/mol. The maximum absolute atomic E-state index is 11.1. The number of fused-ring (bicyclic) bond motifs is 1. The molecule has 0 amide bonds. The van der Waals surface area contributed by atoms with Gasteiger partial charge < -0.3 is 5.32 Å². The second kappa shape index (κ2) is 5.75. The maximum atomic E-state index is 11.1. The number of para-hydroxylation sites is 1. The molecule has 5 nitrogen and oxygen atoms in total. The SMILES string of the molecule is CNc1nc(SCCS(C)(=O)=O)c2ccccc2n1. The normalized spacial score (nSPS) is 11.7. The number of hydrogen-bond donors (Lipinski definition) is 1. The Morgan fingerprint density at radius 2 is 2.00 bits per heavy atom. The van der Waals surface area contributed by atoms with Gasteiger partial charge in [0.25, 0.3) is 0 Å². The first kappa shape index (κ1) is 14.1. The van der Waals surface area contributed by atoms with Crippen LogP contribution in [0.1, 0.15) is 0 Å². The van der Waals surface area contributed by atoms with E-state index in [1.54, 1.807) is 7.05 Å². The van der Waals surface area contributed by atoms with Crippen molar-refractivity contribution in [2.24, 2.45) is 0 Å². The second-order valence-corrected chi connectivity index (χ2v) is 7.44. The predicted octanol–water partition coefficient (Wildman–Crippen LogP) is 1.81. The van der Waals surface area contributed by atoms with Crippen LogP contribution in [0.3, 0.4) is 0 Å². The van der Waals surface area contributed by atoms with Crippen molar-refractivity contribution < 1.29 is 8.42 Å². The van der Waals surface area contributed by atoms with Crippen LogP contribution in [-0.4, -0.2) is 43.2 Å². The molecule has 19 heavy (non-hydrogen) atoms. The number of aromatic nitrogens is 2. The van der Waals surface area contributed by atoms with Crippen molar-refractivity contribution >= 4 is 38.5 Å². The summed E-state index contributed by atoms with van der Waals surface area (Å²) in [6.07, 6.45) is 1.24. The molecule has 0 atom stereocenters. The van der Waals surface area contributed by atoms with Crippen LogP contribution in [0.4, 0.5) is 5.95 Å². The standard InChI is InChI=1S/C12H15N3O2S2/c1-13-12-14-10-6-4-3-5-9(10)11(15-12)18-7-8-19(2,16)17/h3-6H,7-8H2,1-2H3,(H,13,14,15). The first-order valence-electron chi connectivity index (χ1n) is 5.74. The third-order valence-electron chi connectivity index (χ3n) is 2.48. The Kier molecular flexibility index (Phi) is 4.26. The number of rotatable bonds is 5. The van der Waals surface area contributed by atoms with Gasteiger partial charge in [0.2, 0.25) is 5.95 Å². The van der Waals surface area contributed by atoms with Gasteiger partial charge >= 0.3 is 0 Å². The average Bonchev–Trinajstić information content (AvgIpc) is 2.37. The molecule has 7 heteroatoms. The van der Waals surface area contributed by atoms with E-state index in [0.717, 1.165) is 15.9 Å². The van der Waals surface area contributed by atoms with Gasteiger partial charge in [0.15, 0.2) is 0 Å². The molecule has 1 N–H and O–H groups in total. The fraction of sp³-hybridized carbons (Fsp3) is 0.333. The predicted molar refractivity (Wildman–Crippen MR) is 79.5 cm³/mol. The van der Waals surface area contributed by atoms with Gasteiger partial charge in [-0.05, 0) is 6.07 Å². The molecule has 0 spiro atoms. The van der Waals surface area contributed by atoms with Gasteiger partial charge in [-0.25, -0.2) is 18.4 Å². The van der Waals surface area contributed by atoms with Crippen molar-refractivity contribution in [1.82, 2.24) is 9.97 Å². The minimum atomic E-state index is -2.94. The van der Waals surface area contributed by atoms with E-state index in [9.17, 15) is 8.42 Å². The lowest BCUT2D eigenvalue weighted by atomic mass is 10.2. The van der Waals surface area contributed by atoms with Gasteiger partial charge in [0, 0.05) is 24.4 Å².